The number of carbonyl (C=O) groups is 1. The van der Waals surface area contributed by atoms with Crippen molar-refractivity contribution in [3.05, 3.63) is 90.1 Å². The maximum absolute atomic E-state index is 13.6. The number of hydrogen-bond acceptors (Lipinski definition) is 5. The van der Waals surface area contributed by atoms with Crippen LogP contribution in [0.5, 0.6) is 5.75 Å². The summed E-state index contributed by atoms with van der Waals surface area (Å²) >= 11 is 6.28. The lowest BCUT2D eigenvalue weighted by Crippen LogP contribution is -2.31. The number of nitrogens with zero attached hydrogens (tertiary/aromatic N) is 2. The average Bonchev–Trinajstić information content (AvgIpc) is 3.32. The number of halogens is 1. The Kier molecular flexibility index (Phi) is 6.58. The summed E-state index contributed by atoms with van der Waals surface area (Å²) < 4.78 is 33.7. The van der Waals surface area contributed by atoms with Gasteiger partial charge in [0.25, 0.3) is 15.9 Å². The Labute approximate surface area is 201 Å². The summed E-state index contributed by atoms with van der Waals surface area (Å²) in [7, 11) is -2.63. The van der Waals surface area contributed by atoms with Crippen LogP contribution in [-0.2, 0) is 10.0 Å². The number of sulfonamides is 1. The largest absolute Gasteiger partial charge is 0.495 e. The number of amides is 1. The van der Waals surface area contributed by atoms with Crippen molar-refractivity contribution < 1.29 is 17.9 Å². The van der Waals surface area contributed by atoms with E-state index in [4.69, 9.17) is 16.3 Å². The highest BCUT2D eigenvalue weighted by molar-refractivity contribution is 7.92. The molecule has 0 bridgehead atoms. The van der Waals surface area contributed by atoms with Crippen LogP contribution in [0, 0.1) is 0 Å². The zero-order valence-corrected chi connectivity index (χ0v) is 19.7. The molecular formula is C24H21ClN4O4S. The van der Waals surface area contributed by atoms with E-state index < -0.39 is 15.9 Å². The van der Waals surface area contributed by atoms with Gasteiger partial charge >= 0.3 is 0 Å². The first-order chi connectivity index (χ1) is 16.4. The topological polar surface area (TPSA) is 104 Å². The molecule has 0 saturated carbocycles. The van der Waals surface area contributed by atoms with Crippen LogP contribution in [-0.4, -0.2) is 38.2 Å². The van der Waals surface area contributed by atoms with E-state index in [0.717, 1.165) is 9.69 Å². The van der Waals surface area contributed by atoms with Gasteiger partial charge in [-0.1, -0.05) is 41.9 Å². The molecular weight excluding hydrogens is 476 g/mol. The number of fused-ring (bicyclic) bond motifs is 1. The van der Waals surface area contributed by atoms with Gasteiger partial charge in [-0.2, -0.15) is 5.10 Å². The fraction of sp³-hybridized carbons (Fsp3) is 0.0833. The standard InChI is InChI=1S/C24H21ClN4O4S/c1-3-13-29(21-9-4-5-10-22(21)33-2)34(31,32)17-11-12-19(25)18(14-17)24(30)27-20-8-6-7-16-15-26-28-23(16)20/h3-12,14-15H,1,13H2,2H3,(H,26,28)(H,27,30). The van der Waals surface area contributed by atoms with E-state index >= 15 is 0 Å². The van der Waals surface area contributed by atoms with Gasteiger partial charge in [0, 0.05) is 5.39 Å². The van der Waals surface area contributed by atoms with Crippen LogP contribution in [0.25, 0.3) is 10.9 Å². The van der Waals surface area contributed by atoms with Crippen LogP contribution in [0.3, 0.4) is 0 Å². The van der Waals surface area contributed by atoms with Crippen LogP contribution < -0.4 is 14.4 Å². The van der Waals surface area contributed by atoms with Gasteiger partial charge in [0.1, 0.15) is 5.75 Å². The highest BCUT2D eigenvalue weighted by Crippen LogP contribution is 2.33. The van der Waals surface area contributed by atoms with Gasteiger partial charge in [0.2, 0.25) is 0 Å². The van der Waals surface area contributed by atoms with E-state index in [1.807, 2.05) is 6.07 Å². The molecule has 4 rings (SSSR count). The fourth-order valence-electron chi connectivity index (χ4n) is 3.51. The molecule has 10 heteroatoms. The van der Waals surface area contributed by atoms with Gasteiger partial charge in [0.15, 0.2) is 0 Å². The maximum Gasteiger partial charge on any atom is 0.264 e. The van der Waals surface area contributed by atoms with Crippen molar-refractivity contribution in [3.63, 3.8) is 0 Å². The number of benzene rings is 3. The summed E-state index contributed by atoms with van der Waals surface area (Å²) in [5, 5.41) is 10.5. The number of para-hydroxylation sites is 3. The van der Waals surface area contributed by atoms with E-state index in [-0.39, 0.29) is 22.0 Å². The normalized spacial score (nSPS) is 11.2. The highest BCUT2D eigenvalue weighted by atomic mass is 35.5. The minimum atomic E-state index is -4.09. The van der Waals surface area contributed by atoms with Gasteiger partial charge in [-0.15, -0.1) is 6.58 Å². The molecule has 0 spiro atoms. The average molecular weight is 497 g/mol. The van der Waals surface area contributed by atoms with Crippen LogP contribution in [0.15, 0.2) is 84.4 Å². The zero-order valence-electron chi connectivity index (χ0n) is 18.2. The number of ether oxygens (including phenoxy) is 1. The van der Waals surface area contributed by atoms with Crippen molar-refractivity contribution in [1.82, 2.24) is 10.2 Å². The molecule has 0 aliphatic heterocycles. The van der Waals surface area contributed by atoms with E-state index in [9.17, 15) is 13.2 Å². The SMILES string of the molecule is C=CCN(c1ccccc1OC)S(=O)(=O)c1ccc(Cl)c(C(=O)Nc2cccc3cn[nH]c23)c1. The van der Waals surface area contributed by atoms with Crippen molar-refractivity contribution >= 4 is 49.8 Å². The molecule has 0 saturated heterocycles. The zero-order chi connectivity index (χ0) is 24.3. The molecule has 2 N–H and O–H groups in total. The Morgan fingerprint density at radius 2 is 2.00 bits per heavy atom. The quantitative estimate of drug-likeness (QED) is 0.339. The molecule has 0 unspecified atom stereocenters. The number of methoxy groups -OCH3 is 1. The van der Waals surface area contributed by atoms with E-state index in [1.54, 1.807) is 42.6 Å². The first-order valence-corrected chi connectivity index (χ1v) is 12.0. The summed E-state index contributed by atoms with van der Waals surface area (Å²) in [6.45, 7) is 3.67. The van der Waals surface area contributed by atoms with Gasteiger partial charge in [-0.25, -0.2) is 8.42 Å². The van der Waals surface area contributed by atoms with Crippen LogP contribution in [0.4, 0.5) is 11.4 Å². The van der Waals surface area contributed by atoms with Crippen LogP contribution in [0.1, 0.15) is 10.4 Å². The molecule has 4 aromatic rings. The predicted octanol–water partition coefficient (Wildman–Crippen LogP) is 4.86. The van der Waals surface area contributed by atoms with E-state index in [1.165, 1.54) is 31.4 Å². The smallest absolute Gasteiger partial charge is 0.264 e. The predicted molar refractivity (Wildman–Crippen MR) is 133 cm³/mol. The number of rotatable bonds is 8. The summed E-state index contributed by atoms with van der Waals surface area (Å²) in [4.78, 5) is 13.0. The Morgan fingerprint density at radius 1 is 1.21 bits per heavy atom. The van der Waals surface area contributed by atoms with Gasteiger partial charge in [0.05, 0.1) is 52.2 Å². The molecule has 0 radical (unpaired) electrons. The second-order valence-corrected chi connectivity index (χ2v) is 9.50. The first kappa shape index (κ1) is 23.3. The number of nitrogens with one attached hydrogen (secondary N) is 2. The van der Waals surface area contributed by atoms with Crippen molar-refractivity contribution in [2.75, 3.05) is 23.3 Å². The van der Waals surface area contributed by atoms with Gasteiger partial charge < -0.3 is 10.1 Å². The molecule has 34 heavy (non-hydrogen) atoms. The Morgan fingerprint density at radius 3 is 2.76 bits per heavy atom. The number of aromatic amines is 1. The van der Waals surface area contributed by atoms with Crippen molar-refractivity contribution in [3.8, 4) is 5.75 Å². The minimum absolute atomic E-state index is 0.00527. The monoisotopic (exact) mass is 496 g/mol. The van der Waals surface area contributed by atoms with Crippen molar-refractivity contribution in [2.24, 2.45) is 0 Å². The second-order valence-electron chi connectivity index (χ2n) is 7.23. The van der Waals surface area contributed by atoms with E-state index in [2.05, 4.69) is 22.1 Å². The minimum Gasteiger partial charge on any atom is -0.495 e. The highest BCUT2D eigenvalue weighted by Gasteiger charge is 2.28. The van der Waals surface area contributed by atoms with Crippen LogP contribution in [0.2, 0.25) is 5.02 Å². The third-order valence-electron chi connectivity index (χ3n) is 5.14. The number of carbonyl (C=O) groups excluding carboxylic acids is 1. The van der Waals surface area contributed by atoms with Crippen molar-refractivity contribution in [1.29, 1.82) is 0 Å². The molecule has 0 fully saturated rings. The summed E-state index contributed by atoms with van der Waals surface area (Å²) in [6, 6.07) is 16.1. The molecule has 174 valence electrons. The Hall–Kier alpha value is -3.82. The lowest BCUT2D eigenvalue weighted by atomic mass is 10.2. The number of aromatic nitrogens is 2. The van der Waals surface area contributed by atoms with Gasteiger partial charge in [-0.3, -0.25) is 14.2 Å². The Bertz CT molecular complexity index is 1480. The second kappa shape index (κ2) is 9.58. The third-order valence-corrected chi connectivity index (χ3v) is 7.25. The summed E-state index contributed by atoms with van der Waals surface area (Å²) in [5.74, 6) is -0.177. The van der Waals surface area contributed by atoms with Crippen LogP contribution >= 0.6 is 11.6 Å². The molecule has 8 nitrogen and oxygen atoms in total. The summed E-state index contributed by atoms with van der Waals surface area (Å²) in [6.07, 6.45) is 3.11. The molecule has 1 heterocycles. The maximum atomic E-state index is 13.6. The molecule has 1 amide bonds. The summed E-state index contributed by atoms with van der Waals surface area (Å²) in [5.41, 5.74) is 1.49. The third kappa shape index (κ3) is 4.35. The Balaban J connectivity index is 1.73. The lowest BCUT2D eigenvalue weighted by Gasteiger charge is -2.25. The first-order valence-electron chi connectivity index (χ1n) is 10.2. The number of anilines is 2. The van der Waals surface area contributed by atoms with Gasteiger partial charge in [-0.05, 0) is 36.4 Å². The molecule has 0 aliphatic rings. The van der Waals surface area contributed by atoms with E-state index in [0.29, 0.717) is 22.6 Å². The number of hydrogen-bond donors (Lipinski definition) is 2. The molecule has 0 aliphatic carbocycles. The lowest BCUT2D eigenvalue weighted by molar-refractivity contribution is 0.102. The molecule has 1 aromatic heterocycles. The fourth-order valence-corrected chi connectivity index (χ4v) is 5.18. The number of H-pyrrole nitrogens is 1. The molecule has 3 aromatic carbocycles. The molecule has 0 atom stereocenters. The van der Waals surface area contributed by atoms with Crippen molar-refractivity contribution in [2.45, 2.75) is 4.90 Å².